The maximum absolute atomic E-state index is 5.62. The molecule has 105 heavy (non-hydrogen) atoms. The number of hydrogen-bond acceptors (Lipinski definition) is 2. The molecule has 0 N–H and O–H groups in total. The summed E-state index contributed by atoms with van der Waals surface area (Å²) in [6, 6.07) is 17.7. The fraction of sp³-hybridized carbons (Fsp3) is 0.804. The van der Waals surface area contributed by atoms with Crippen molar-refractivity contribution in [3.63, 3.8) is 0 Å². The van der Waals surface area contributed by atoms with Crippen LogP contribution in [-0.4, -0.2) is 11.4 Å². The van der Waals surface area contributed by atoms with Crippen molar-refractivity contribution in [3.8, 4) is 35.5 Å². The summed E-state index contributed by atoms with van der Waals surface area (Å²) in [5, 5.41) is 0. The zero-order chi connectivity index (χ0) is 73.9. The Bertz CT molecular complexity index is 2360. The van der Waals surface area contributed by atoms with Crippen molar-refractivity contribution in [2.75, 3.05) is 0 Å². The van der Waals surface area contributed by atoms with Crippen molar-refractivity contribution in [3.05, 3.63) is 59.7 Å². The van der Waals surface area contributed by atoms with E-state index in [0.29, 0.717) is 0 Å². The summed E-state index contributed by atoms with van der Waals surface area (Å²) in [5.74, 6) is 21.7. The minimum Gasteiger partial charge on any atom is -0.250 e. The average molecular weight is 1540 g/mol. The molecule has 0 saturated heterocycles. The Labute approximate surface area is 672 Å². The van der Waals surface area contributed by atoms with Crippen molar-refractivity contribution < 1.29 is 20.4 Å². The fourth-order valence-electron chi connectivity index (χ4n) is 15.4. The van der Waals surface area contributed by atoms with Gasteiger partial charge in [-0.25, -0.2) is 4.99 Å². The van der Waals surface area contributed by atoms with Crippen molar-refractivity contribution >= 4 is 22.8 Å². The monoisotopic (exact) mass is 1540 g/mol. The van der Waals surface area contributed by atoms with Crippen LogP contribution < -0.4 is 0 Å². The van der Waals surface area contributed by atoms with E-state index in [-0.39, 0.29) is 20.4 Å². The van der Waals surface area contributed by atoms with E-state index in [1.54, 1.807) is 0 Å². The van der Waals surface area contributed by atoms with Crippen LogP contribution in [0.15, 0.2) is 58.5 Å². The second-order valence-corrected chi connectivity index (χ2v) is 32.6. The summed E-state index contributed by atoms with van der Waals surface area (Å²) < 4.78 is 0. The van der Waals surface area contributed by atoms with Crippen molar-refractivity contribution in [2.45, 2.75) is 529 Å². The molecule has 0 aliphatic heterocycles. The molecular weight excluding hydrogens is 1360 g/mol. The topological polar surface area (TPSA) is 24.7 Å². The molecule has 0 saturated carbocycles. The third-order valence-corrected chi connectivity index (χ3v) is 22.5. The molecule has 0 unspecified atom stereocenters. The summed E-state index contributed by atoms with van der Waals surface area (Å²) in [4.78, 5) is 11.2. The molecule has 0 fully saturated rings. The van der Waals surface area contributed by atoms with Crippen LogP contribution in [-0.2, 0) is 33.3 Å². The maximum atomic E-state index is 5.62. The zero-order valence-electron chi connectivity index (χ0n) is 71.0. The van der Waals surface area contributed by atoms with Gasteiger partial charge in [0.2, 0.25) is 0 Å². The first-order valence-corrected chi connectivity index (χ1v) is 47.5. The van der Waals surface area contributed by atoms with Crippen LogP contribution in [0, 0.1) is 35.5 Å². The van der Waals surface area contributed by atoms with E-state index >= 15 is 0 Å². The van der Waals surface area contributed by atoms with Crippen LogP contribution in [0.5, 0.6) is 0 Å². The average Bonchev–Trinajstić information content (AvgIpc) is 0.847. The summed E-state index contributed by atoms with van der Waals surface area (Å²) >= 11 is 0. The van der Waals surface area contributed by atoms with Crippen molar-refractivity contribution in [1.82, 2.24) is 0 Å². The molecule has 2 aromatic carbocycles. The van der Waals surface area contributed by atoms with Crippen LogP contribution in [0.25, 0.3) is 0 Å². The Balaban J connectivity index is 0.0000551. The van der Waals surface area contributed by atoms with E-state index < -0.39 is 0 Å². The van der Waals surface area contributed by atoms with Gasteiger partial charge in [0.05, 0.1) is 17.1 Å². The van der Waals surface area contributed by atoms with Gasteiger partial charge in [0.15, 0.2) is 0 Å². The van der Waals surface area contributed by atoms with Gasteiger partial charge in [0, 0.05) is 52.5 Å². The number of hydrogen-bond donors (Lipinski definition) is 0. The number of rotatable bonds is 78. The van der Waals surface area contributed by atoms with E-state index in [4.69, 9.17) is 9.98 Å². The fourth-order valence-corrected chi connectivity index (χ4v) is 15.4. The molecule has 0 spiro atoms. The molecule has 0 amide bonds. The number of aliphatic imine (C=N–C) groups is 2. The molecular formula is C102H176N2Pd. The van der Waals surface area contributed by atoms with E-state index in [0.717, 1.165) is 87.0 Å². The standard InChI is InChI=1S/C102H176N2.Pd/c1-5-9-13-17-21-24-27-30-33-36-39-42-45-48-50-53-56-59-62-65-68-71-74-77-81-89-97-91-85-87-93-99(97)103-101(95-83-79-20-16-12-8-4)102(96-84-80-76-73-70-67-64-61-58-55-52-47-44-41-38-35-32-29-26-23-19-15-11-7-3)104-100-94-88-86-92-98(100)90-82-78-75-72-69-66-63-60-57-54-51-49-46-43-40-37-34-31-28-25-22-18-14-10-6-2;/h85-88,91-94H,5-73,76,79-83,89-90,95H2,1-4H3;. The Hall–Kier alpha value is -2.88. The molecule has 0 atom stereocenters. The van der Waals surface area contributed by atoms with Crippen LogP contribution in [0.1, 0.15) is 527 Å². The normalized spacial score (nSPS) is 11.5. The van der Waals surface area contributed by atoms with Gasteiger partial charge in [-0.2, -0.15) is 0 Å². The van der Waals surface area contributed by atoms with Gasteiger partial charge < -0.3 is 0 Å². The van der Waals surface area contributed by atoms with E-state index in [9.17, 15) is 0 Å². The molecule has 3 heteroatoms. The molecule has 0 aliphatic carbocycles. The quantitative estimate of drug-likeness (QED) is 0.0273. The van der Waals surface area contributed by atoms with Gasteiger partial charge in [0.25, 0.3) is 0 Å². The van der Waals surface area contributed by atoms with Crippen LogP contribution in [0.2, 0.25) is 0 Å². The summed E-state index contributed by atoms with van der Waals surface area (Å²) in [6.45, 7) is 9.26. The number of para-hydroxylation sites is 2. The van der Waals surface area contributed by atoms with Crippen molar-refractivity contribution in [2.24, 2.45) is 9.98 Å². The number of unbranched alkanes of at least 4 members (excludes halogenated alkanes) is 69. The molecule has 0 bridgehead atoms. The van der Waals surface area contributed by atoms with E-state index in [1.165, 1.54) is 448 Å². The van der Waals surface area contributed by atoms with Crippen LogP contribution in [0.3, 0.4) is 0 Å². The first-order valence-electron chi connectivity index (χ1n) is 47.5. The maximum Gasteiger partial charge on any atom is 0.135 e. The molecule has 2 rings (SSSR count). The Morgan fingerprint density at radius 1 is 0.219 bits per heavy atom. The number of benzene rings is 2. The Morgan fingerprint density at radius 2 is 0.419 bits per heavy atom. The largest absolute Gasteiger partial charge is 0.250 e. The van der Waals surface area contributed by atoms with Crippen molar-refractivity contribution in [1.29, 1.82) is 0 Å². The van der Waals surface area contributed by atoms with Crippen LogP contribution >= 0.6 is 0 Å². The third kappa shape index (κ3) is 70.0. The molecule has 2 nitrogen and oxygen atoms in total. The second kappa shape index (κ2) is 85.1. The second-order valence-electron chi connectivity index (χ2n) is 32.6. The SMILES string of the molecule is CCCCCCCCCCCCCCCCCCCCCCCC#CCCc1ccccc1N=C(C#CCCCCCCCCCCCCCCCCCCCCCCCC)C(CCCCCCCC)=Nc1ccccc1CCC#CCCCCCCCCCCCCCCCCCCCCCCC.[Pd]. The molecule has 0 aromatic heterocycles. The predicted molar refractivity (Wildman–Crippen MR) is 471 cm³/mol. The van der Waals surface area contributed by atoms with Gasteiger partial charge in [-0.05, 0) is 74.1 Å². The van der Waals surface area contributed by atoms with Gasteiger partial charge in [0.1, 0.15) is 5.71 Å². The smallest absolute Gasteiger partial charge is 0.135 e. The Morgan fingerprint density at radius 3 is 0.676 bits per heavy atom. The van der Waals surface area contributed by atoms with Crippen LogP contribution in [0.4, 0.5) is 11.4 Å². The minimum atomic E-state index is 0. The third-order valence-electron chi connectivity index (χ3n) is 22.5. The molecule has 0 heterocycles. The summed E-state index contributed by atoms with van der Waals surface area (Å²) in [6.07, 6.45) is 106. The predicted octanol–water partition coefficient (Wildman–Crippen LogP) is 35.4. The van der Waals surface area contributed by atoms with Gasteiger partial charge in [-0.15, -0.1) is 23.7 Å². The van der Waals surface area contributed by atoms with E-state index in [1.807, 2.05) is 0 Å². The van der Waals surface area contributed by atoms with E-state index in [2.05, 4.69) is 112 Å². The molecule has 604 valence electrons. The van der Waals surface area contributed by atoms with Gasteiger partial charge in [-0.1, -0.05) is 494 Å². The molecule has 0 aliphatic rings. The first-order chi connectivity index (χ1) is 51.7. The first kappa shape index (κ1) is 100. The van der Waals surface area contributed by atoms with Gasteiger partial charge >= 0.3 is 0 Å². The number of aryl methyl sites for hydroxylation is 2. The molecule has 0 radical (unpaired) electrons. The zero-order valence-corrected chi connectivity index (χ0v) is 72.5. The summed E-state index contributed by atoms with van der Waals surface area (Å²) in [7, 11) is 0. The summed E-state index contributed by atoms with van der Waals surface area (Å²) in [5.41, 5.74) is 6.55. The Kier molecular flexibility index (Phi) is 81.2. The minimum absolute atomic E-state index is 0. The van der Waals surface area contributed by atoms with Gasteiger partial charge in [-0.3, -0.25) is 4.99 Å². The number of nitrogens with zero attached hydrogens (tertiary/aromatic N) is 2. The molecule has 2 aromatic rings.